The summed E-state index contributed by atoms with van der Waals surface area (Å²) in [5, 5.41) is 4.93. The molecule has 0 aromatic heterocycles. The van der Waals surface area contributed by atoms with Crippen molar-refractivity contribution in [2.45, 2.75) is 17.5 Å². The van der Waals surface area contributed by atoms with Crippen LogP contribution in [-0.4, -0.2) is 17.8 Å². The fraction of sp³-hybridized carbons (Fsp3) is 0.278. The molecule has 26 heavy (non-hydrogen) atoms. The van der Waals surface area contributed by atoms with Gasteiger partial charge in [-0.15, -0.1) is 0 Å². The van der Waals surface area contributed by atoms with Crippen molar-refractivity contribution in [2.75, 3.05) is 11.9 Å². The maximum absolute atomic E-state index is 13.8. The Bertz CT molecular complexity index is 812. The zero-order valence-electron chi connectivity index (χ0n) is 13.4. The first-order chi connectivity index (χ1) is 12.3. The molecule has 0 saturated carbocycles. The molecule has 3 unspecified atom stereocenters. The average molecular weight is 384 g/mol. The van der Waals surface area contributed by atoms with Crippen molar-refractivity contribution in [3.63, 3.8) is 0 Å². The van der Waals surface area contributed by atoms with E-state index in [1.54, 1.807) is 12.1 Å². The highest BCUT2D eigenvalue weighted by Crippen LogP contribution is 2.37. The molecule has 0 spiro atoms. The van der Waals surface area contributed by atoms with E-state index in [0.717, 1.165) is 12.1 Å². The van der Waals surface area contributed by atoms with Crippen LogP contribution in [0, 0.1) is 11.7 Å². The lowest BCUT2D eigenvalue weighted by atomic mass is 9.87. The molecule has 3 nitrogen and oxygen atoms in total. The predicted molar refractivity (Wildman–Crippen MR) is 93.5 cm³/mol. The van der Waals surface area contributed by atoms with Crippen LogP contribution in [0.25, 0.3) is 0 Å². The second-order valence-corrected chi connectivity index (χ2v) is 6.63. The maximum Gasteiger partial charge on any atom is 0.416 e. The smallest absolute Gasteiger partial charge is 0.323 e. The number of anilines is 1. The van der Waals surface area contributed by atoms with E-state index < -0.39 is 40.7 Å². The summed E-state index contributed by atoms with van der Waals surface area (Å²) in [6.45, 7) is 0.296. The maximum atomic E-state index is 13.8. The number of hydrogen-bond donors (Lipinski definition) is 3. The van der Waals surface area contributed by atoms with Gasteiger partial charge in [-0.1, -0.05) is 30.3 Å². The molecule has 3 rings (SSSR count). The summed E-state index contributed by atoms with van der Waals surface area (Å²) in [6, 6.07) is 10.6. The summed E-state index contributed by atoms with van der Waals surface area (Å²) in [6.07, 6.45) is -4.46. The van der Waals surface area contributed by atoms with Crippen molar-refractivity contribution in [1.29, 1.82) is 0 Å². The first-order valence-corrected chi connectivity index (χ1v) is 8.43. The van der Waals surface area contributed by atoms with Crippen LogP contribution in [0.4, 0.5) is 23.2 Å². The van der Waals surface area contributed by atoms with Gasteiger partial charge in [-0.25, -0.2) is 4.39 Å². The van der Waals surface area contributed by atoms with Gasteiger partial charge in [-0.05, 0) is 23.8 Å². The Morgan fingerprint density at radius 2 is 1.88 bits per heavy atom. The number of alkyl halides is 3. The van der Waals surface area contributed by atoms with E-state index in [2.05, 4.69) is 23.3 Å². The van der Waals surface area contributed by atoms with Crippen LogP contribution in [-0.2, 0) is 11.0 Å². The quantitative estimate of drug-likeness (QED) is 0.552. The number of amides is 1. The highest BCUT2D eigenvalue weighted by molar-refractivity contribution is 7.81. The van der Waals surface area contributed by atoms with Gasteiger partial charge in [0.2, 0.25) is 5.91 Å². The first-order valence-electron chi connectivity index (χ1n) is 7.91. The molecular weight excluding hydrogens is 368 g/mol. The molecule has 1 aliphatic heterocycles. The number of thiol groups is 1. The molecule has 0 bridgehead atoms. The number of benzene rings is 2. The number of nitrogens with one attached hydrogen (secondary N) is 2. The Morgan fingerprint density at radius 1 is 1.15 bits per heavy atom. The molecule has 1 heterocycles. The van der Waals surface area contributed by atoms with Crippen LogP contribution in [0.1, 0.15) is 17.0 Å². The monoisotopic (exact) mass is 384 g/mol. The van der Waals surface area contributed by atoms with Gasteiger partial charge < -0.3 is 10.6 Å². The van der Waals surface area contributed by atoms with Crippen molar-refractivity contribution < 1.29 is 22.4 Å². The average Bonchev–Trinajstić information content (AvgIpc) is 2.98. The molecule has 2 N–H and O–H groups in total. The number of rotatable bonds is 3. The second kappa shape index (κ2) is 7.28. The minimum atomic E-state index is -4.46. The van der Waals surface area contributed by atoms with Crippen LogP contribution in [0.5, 0.6) is 0 Å². The van der Waals surface area contributed by atoms with Gasteiger partial charge in [-0.3, -0.25) is 4.79 Å². The second-order valence-electron chi connectivity index (χ2n) is 6.08. The van der Waals surface area contributed by atoms with E-state index in [1.807, 2.05) is 0 Å². The van der Waals surface area contributed by atoms with Gasteiger partial charge >= 0.3 is 6.18 Å². The highest BCUT2D eigenvalue weighted by Gasteiger charge is 2.41. The molecule has 3 atom stereocenters. The molecule has 1 amide bonds. The van der Waals surface area contributed by atoms with Crippen molar-refractivity contribution in [3.8, 4) is 0 Å². The Morgan fingerprint density at radius 3 is 2.58 bits per heavy atom. The normalized spacial score (nSPS) is 23.0. The summed E-state index contributed by atoms with van der Waals surface area (Å²) in [5.41, 5.74) is -0.365. The predicted octanol–water partition coefficient (Wildman–Crippen LogP) is 4.04. The van der Waals surface area contributed by atoms with Gasteiger partial charge in [0, 0.05) is 12.5 Å². The molecule has 0 aliphatic carbocycles. The highest BCUT2D eigenvalue weighted by atomic mass is 32.1. The molecular formula is C18H16F4N2OS. The van der Waals surface area contributed by atoms with Gasteiger partial charge in [0.25, 0.3) is 0 Å². The van der Waals surface area contributed by atoms with E-state index in [-0.39, 0.29) is 5.69 Å². The third kappa shape index (κ3) is 3.86. The topological polar surface area (TPSA) is 41.1 Å². The summed E-state index contributed by atoms with van der Waals surface area (Å²) < 4.78 is 52.7. The number of carbonyl (C=O) groups excluding carboxylic acids is 1. The summed E-state index contributed by atoms with van der Waals surface area (Å²) in [7, 11) is 0. The van der Waals surface area contributed by atoms with Crippen LogP contribution in [0.3, 0.4) is 0 Å². The minimum absolute atomic E-state index is 0.0210. The van der Waals surface area contributed by atoms with E-state index in [4.69, 9.17) is 0 Å². The summed E-state index contributed by atoms with van der Waals surface area (Å²) in [5.74, 6) is -2.34. The largest absolute Gasteiger partial charge is 0.416 e. The number of halogens is 4. The van der Waals surface area contributed by atoms with Gasteiger partial charge in [0.05, 0.1) is 22.5 Å². The molecule has 1 fully saturated rings. The van der Waals surface area contributed by atoms with Crippen molar-refractivity contribution in [1.82, 2.24) is 5.32 Å². The number of carbonyl (C=O) groups is 1. The first kappa shape index (κ1) is 18.7. The van der Waals surface area contributed by atoms with Gasteiger partial charge in [-0.2, -0.15) is 25.8 Å². The van der Waals surface area contributed by atoms with Crippen LogP contribution in [0.15, 0.2) is 48.5 Å². The Balaban J connectivity index is 1.86. The van der Waals surface area contributed by atoms with Crippen molar-refractivity contribution >= 4 is 24.2 Å². The number of hydrogen-bond acceptors (Lipinski definition) is 3. The zero-order chi connectivity index (χ0) is 18.9. The molecule has 8 heteroatoms. The summed E-state index contributed by atoms with van der Waals surface area (Å²) >= 11 is 4.32. The van der Waals surface area contributed by atoms with Crippen LogP contribution < -0.4 is 10.6 Å². The molecule has 0 radical (unpaired) electrons. The van der Waals surface area contributed by atoms with E-state index >= 15 is 0 Å². The molecule has 1 saturated heterocycles. The molecule has 1 aliphatic rings. The lowest BCUT2D eigenvalue weighted by Crippen LogP contribution is -2.33. The Kier molecular flexibility index (Phi) is 5.24. The lowest BCUT2D eigenvalue weighted by molar-refractivity contribution is -0.137. The fourth-order valence-electron chi connectivity index (χ4n) is 3.10. The van der Waals surface area contributed by atoms with E-state index in [0.29, 0.717) is 12.1 Å². The SMILES string of the molecule is O=C(Nc1ccccc1F)C1C(S)NCC1c1cccc(C(F)(F)F)c1. The van der Waals surface area contributed by atoms with E-state index in [1.165, 1.54) is 24.3 Å². The molecule has 2 aromatic rings. The third-order valence-corrected chi connectivity index (χ3v) is 4.90. The van der Waals surface area contributed by atoms with Gasteiger partial charge in [0.1, 0.15) is 5.82 Å². The van der Waals surface area contributed by atoms with Gasteiger partial charge in [0.15, 0.2) is 0 Å². The third-order valence-electron chi connectivity index (χ3n) is 4.40. The minimum Gasteiger partial charge on any atom is -0.323 e. The van der Waals surface area contributed by atoms with Crippen molar-refractivity contribution in [2.24, 2.45) is 5.92 Å². The standard InChI is InChI=1S/C18H16F4N2OS/c19-13-6-1-2-7-14(13)24-16(25)15-12(9-23-17(15)26)10-4-3-5-11(8-10)18(20,21)22/h1-8,12,15,17,23,26H,9H2,(H,24,25). The van der Waals surface area contributed by atoms with Crippen LogP contribution in [0.2, 0.25) is 0 Å². The van der Waals surface area contributed by atoms with Crippen molar-refractivity contribution in [3.05, 3.63) is 65.5 Å². The molecule has 2 aromatic carbocycles. The zero-order valence-corrected chi connectivity index (χ0v) is 14.3. The van der Waals surface area contributed by atoms with E-state index in [9.17, 15) is 22.4 Å². The Labute approximate surface area is 153 Å². The van der Waals surface area contributed by atoms with Crippen LogP contribution >= 0.6 is 12.6 Å². The lowest BCUT2D eigenvalue weighted by Gasteiger charge is -2.22. The number of para-hydroxylation sites is 1. The fourth-order valence-corrected chi connectivity index (χ4v) is 3.55. The summed E-state index contributed by atoms with van der Waals surface area (Å²) in [4.78, 5) is 12.7. The Hall–Kier alpha value is -2.06. The molecule has 138 valence electrons.